The number of hydrogen-bond donors (Lipinski definition) is 0. The van der Waals surface area contributed by atoms with Crippen LogP contribution < -0.4 is 0 Å². The number of carbonyl (C=O) groups is 2. The van der Waals surface area contributed by atoms with Crippen LogP contribution in [0.3, 0.4) is 0 Å². The number of rotatable bonds is 6. The lowest BCUT2D eigenvalue weighted by atomic mass is 10.1. The third kappa shape index (κ3) is 7.02. The SMILES string of the molecule is CC(C)(C)OC(=O)N(CCC=O)CCc1ccc(C(F)(F)F)cc1. The molecule has 1 rings (SSSR count). The molecular formula is C17H22F3NO3. The predicted molar refractivity (Wildman–Crippen MR) is 83.6 cm³/mol. The van der Waals surface area contributed by atoms with Crippen LogP contribution in [0.15, 0.2) is 24.3 Å². The van der Waals surface area contributed by atoms with Crippen molar-refractivity contribution >= 4 is 12.4 Å². The molecule has 7 heteroatoms. The summed E-state index contributed by atoms with van der Waals surface area (Å²) >= 11 is 0. The zero-order valence-corrected chi connectivity index (χ0v) is 14.0. The maximum atomic E-state index is 12.5. The van der Waals surface area contributed by atoms with Gasteiger partial charge in [-0.25, -0.2) is 4.79 Å². The van der Waals surface area contributed by atoms with E-state index >= 15 is 0 Å². The second kappa shape index (κ2) is 8.17. The van der Waals surface area contributed by atoms with Gasteiger partial charge in [-0.3, -0.25) is 0 Å². The molecular weight excluding hydrogens is 323 g/mol. The van der Waals surface area contributed by atoms with E-state index in [0.717, 1.165) is 12.1 Å². The summed E-state index contributed by atoms with van der Waals surface area (Å²) in [5.74, 6) is 0. The van der Waals surface area contributed by atoms with Crippen LogP contribution in [0.4, 0.5) is 18.0 Å². The molecule has 0 saturated carbocycles. The second-order valence-electron chi connectivity index (χ2n) is 6.37. The molecule has 0 saturated heterocycles. The average molecular weight is 345 g/mol. The lowest BCUT2D eigenvalue weighted by Crippen LogP contribution is -2.38. The van der Waals surface area contributed by atoms with Gasteiger partial charge in [-0.15, -0.1) is 0 Å². The van der Waals surface area contributed by atoms with E-state index in [-0.39, 0.29) is 19.5 Å². The molecule has 1 aromatic rings. The molecule has 1 amide bonds. The Kier molecular flexibility index (Phi) is 6.81. The summed E-state index contributed by atoms with van der Waals surface area (Å²) < 4.78 is 42.9. The highest BCUT2D eigenvalue weighted by molar-refractivity contribution is 5.68. The molecule has 4 nitrogen and oxygen atoms in total. The molecule has 0 unspecified atom stereocenters. The summed E-state index contributed by atoms with van der Waals surface area (Å²) in [5.41, 5.74) is -0.705. The minimum absolute atomic E-state index is 0.173. The normalized spacial score (nSPS) is 11.9. The predicted octanol–water partition coefficient (Wildman–Crippen LogP) is 4.07. The molecule has 0 aliphatic carbocycles. The molecule has 0 aromatic heterocycles. The van der Waals surface area contributed by atoms with Crippen molar-refractivity contribution in [1.29, 1.82) is 0 Å². The highest BCUT2D eigenvalue weighted by atomic mass is 19.4. The zero-order chi connectivity index (χ0) is 18.4. The van der Waals surface area contributed by atoms with Crippen LogP contribution in [0.2, 0.25) is 0 Å². The van der Waals surface area contributed by atoms with Crippen molar-refractivity contribution in [3.63, 3.8) is 0 Å². The Morgan fingerprint density at radius 1 is 1.12 bits per heavy atom. The summed E-state index contributed by atoms with van der Waals surface area (Å²) in [6.45, 7) is 5.67. The number of amides is 1. The van der Waals surface area contributed by atoms with Crippen molar-refractivity contribution in [2.24, 2.45) is 0 Å². The quantitative estimate of drug-likeness (QED) is 0.730. The maximum absolute atomic E-state index is 12.5. The molecule has 0 spiro atoms. The van der Waals surface area contributed by atoms with E-state index in [1.807, 2.05) is 0 Å². The van der Waals surface area contributed by atoms with Crippen LogP contribution >= 0.6 is 0 Å². The summed E-state index contributed by atoms with van der Waals surface area (Å²) in [6, 6.07) is 4.79. The van der Waals surface area contributed by atoms with Gasteiger partial charge in [-0.2, -0.15) is 13.2 Å². The number of hydrogen-bond acceptors (Lipinski definition) is 3. The number of halogens is 3. The number of alkyl halides is 3. The Bertz CT molecular complexity index is 548. The summed E-state index contributed by atoms with van der Waals surface area (Å²) in [7, 11) is 0. The van der Waals surface area contributed by atoms with Crippen LogP contribution in [0.5, 0.6) is 0 Å². The lowest BCUT2D eigenvalue weighted by molar-refractivity contribution is -0.137. The molecule has 0 heterocycles. The van der Waals surface area contributed by atoms with E-state index in [0.29, 0.717) is 18.3 Å². The third-order valence-electron chi connectivity index (χ3n) is 3.12. The second-order valence-corrected chi connectivity index (χ2v) is 6.37. The first-order chi connectivity index (χ1) is 11.0. The highest BCUT2D eigenvalue weighted by Gasteiger charge is 2.30. The maximum Gasteiger partial charge on any atom is 0.416 e. The third-order valence-corrected chi connectivity index (χ3v) is 3.12. The van der Waals surface area contributed by atoms with E-state index in [1.165, 1.54) is 17.0 Å². The van der Waals surface area contributed by atoms with Gasteiger partial charge < -0.3 is 14.4 Å². The van der Waals surface area contributed by atoms with Crippen LogP contribution in [-0.2, 0) is 22.1 Å². The largest absolute Gasteiger partial charge is 0.444 e. The van der Waals surface area contributed by atoms with Gasteiger partial charge in [0, 0.05) is 19.5 Å². The smallest absolute Gasteiger partial charge is 0.416 e. The summed E-state index contributed by atoms with van der Waals surface area (Å²) in [5, 5.41) is 0. The van der Waals surface area contributed by atoms with Gasteiger partial charge >= 0.3 is 12.3 Å². The van der Waals surface area contributed by atoms with E-state index in [4.69, 9.17) is 4.74 Å². The summed E-state index contributed by atoms with van der Waals surface area (Å²) in [6.07, 6.45) is -3.67. The first-order valence-corrected chi connectivity index (χ1v) is 7.60. The van der Waals surface area contributed by atoms with Crippen molar-refractivity contribution in [2.75, 3.05) is 13.1 Å². The Balaban J connectivity index is 2.70. The van der Waals surface area contributed by atoms with E-state index < -0.39 is 23.4 Å². The van der Waals surface area contributed by atoms with Gasteiger partial charge in [0.05, 0.1) is 5.56 Å². The fraction of sp³-hybridized carbons (Fsp3) is 0.529. The highest BCUT2D eigenvalue weighted by Crippen LogP contribution is 2.29. The molecule has 0 N–H and O–H groups in total. The molecule has 0 aliphatic rings. The minimum Gasteiger partial charge on any atom is -0.444 e. The molecule has 0 aliphatic heterocycles. The van der Waals surface area contributed by atoms with Gasteiger partial charge in [0.2, 0.25) is 0 Å². The molecule has 0 radical (unpaired) electrons. The van der Waals surface area contributed by atoms with Gasteiger partial charge in [0.1, 0.15) is 11.9 Å². The van der Waals surface area contributed by atoms with Crippen molar-refractivity contribution in [3.8, 4) is 0 Å². The number of carbonyl (C=O) groups excluding carboxylic acids is 2. The van der Waals surface area contributed by atoms with Crippen molar-refractivity contribution in [1.82, 2.24) is 4.90 Å². The van der Waals surface area contributed by atoms with Gasteiger partial charge in [-0.1, -0.05) is 12.1 Å². The average Bonchev–Trinajstić information content (AvgIpc) is 2.45. The van der Waals surface area contributed by atoms with Crippen LogP contribution in [0.1, 0.15) is 38.3 Å². The minimum atomic E-state index is -4.37. The Morgan fingerprint density at radius 2 is 1.71 bits per heavy atom. The number of benzene rings is 1. The number of ether oxygens (including phenoxy) is 1. The van der Waals surface area contributed by atoms with E-state index in [9.17, 15) is 22.8 Å². The fourth-order valence-electron chi connectivity index (χ4n) is 1.95. The first-order valence-electron chi connectivity index (χ1n) is 7.60. The van der Waals surface area contributed by atoms with Gasteiger partial charge in [-0.05, 0) is 44.9 Å². The van der Waals surface area contributed by atoms with Crippen LogP contribution in [0.25, 0.3) is 0 Å². The van der Waals surface area contributed by atoms with Crippen LogP contribution in [-0.4, -0.2) is 36.0 Å². The van der Waals surface area contributed by atoms with Crippen molar-refractivity contribution in [3.05, 3.63) is 35.4 Å². The monoisotopic (exact) mass is 345 g/mol. The number of nitrogens with zero attached hydrogens (tertiary/aromatic N) is 1. The Morgan fingerprint density at radius 3 is 2.17 bits per heavy atom. The number of aldehydes is 1. The van der Waals surface area contributed by atoms with Gasteiger partial charge in [0.15, 0.2) is 0 Å². The molecule has 0 fully saturated rings. The molecule has 24 heavy (non-hydrogen) atoms. The fourth-order valence-corrected chi connectivity index (χ4v) is 1.95. The molecule has 1 aromatic carbocycles. The van der Waals surface area contributed by atoms with Crippen LogP contribution in [0, 0.1) is 0 Å². The standard InChI is InChI=1S/C17H22F3NO3/c1-16(2,3)24-15(23)21(10-4-12-22)11-9-13-5-7-14(8-6-13)17(18,19)20/h5-8,12H,4,9-11H2,1-3H3. The zero-order valence-electron chi connectivity index (χ0n) is 14.0. The molecule has 0 atom stereocenters. The first kappa shape index (κ1) is 20.0. The van der Waals surface area contributed by atoms with Gasteiger partial charge in [0.25, 0.3) is 0 Å². The summed E-state index contributed by atoms with van der Waals surface area (Å²) in [4.78, 5) is 24.0. The molecule has 0 bridgehead atoms. The molecule has 134 valence electrons. The lowest BCUT2D eigenvalue weighted by Gasteiger charge is -2.27. The Hall–Kier alpha value is -2.05. The Labute approximate surface area is 139 Å². The van der Waals surface area contributed by atoms with Crippen molar-refractivity contribution in [2.45, 2.75) is 45.4 Å². The van der Waals surface area contributed by atoms with Crippen molar-refractivity contribution < 1.29 is 27.5 Å². The van der Waals surface area contributed by atoms with E-state index in [2.05, 4.69) is 0 Å². The van der Waals surface area contributed by atoms with E-state index in [1.54, 1.807) is 20.8 Å². The topological polar surface area (TPSA) is 46.6 Å².